The van der Waals surface area contributed by atoms with Gasteiger partial charge in [0.05, 0.1) is 0 Å². The van der Waals surface area contributed by atoms with E-state index < -0.39 is 11.8 Å². The third-order valence-electron chi connectivity index (χ3n) is 2.97. The van der Waals surface area contributed by atoms with Gasteiger partial charge in [-0.1, -0.05) is 23.7 Å². The Kier molecular flexibility index (Phi) is 5.13. The number of benzene rings is 2. The Labute approximate surface area is 138 Å². The Morgan fingerprint density at radius 3 is 2.22 bits per heavy atom. The molecule has 0 saturated carbocycles. The maximum atomic E-state index is 12.1. The van der Waals surface area contributed by atoms with Gasteiger partial charge in [-0.2, -0.15) is 5.26 Å². The van der Waals surface area contributed by atoms with Gasteiger partial charge >= 0.3 is 0 Å². The molecule has 2 amide bonds. The maximum Gasteiger partial charge on any atom is 0.266 e. The Hall–Kier alpha value is -3.10. The summed E-state index contributed by atoms with van der Waals surface area (Å²) in [6.07, 6.45) is 1.46. The lowest BCUT2D eigenvalue weighted by Gasteiger charge is -2.05. The number of amides is 2. The van der Waals surface area contributed by atoms with E-state index in [0.717, 1.165) is 0 Å². The molecule has 114 valence electrons. The van der Waals surface area contributed by atoms with Crippen LogP contribution in [0.2, 0.25) is 5.02 Å². The minimum Gasteiger partial charge on any atom is -0.366 e. The molecule has 0 radical (unpaired) electrons. The van der Waals surface area contributed by atoms with Crippen molar-refractivity contribution in [3.05, 3.63) is 70.3 Å². The van der Waals surface area contributed by atoms with Gasteiger partial charge in [-0.25, -0.2) is 0 Å². The molecule has 0 aliphatic rings. The Morgan fingerprint density at radius 2 is 1.70 bits per heavy atom. The molecule has 0 aliphatic carbocycles. The fraction of sp³-hybridized carbons (Fsp3) is 0. The molecule has 23 heavy (non-hydrogen) atoms. The summed E-state index contributed by atoms with van der Waals surface area (Å²) in [6, 6.07) is 14.7. The summed E-state index contributed by atoms with van der Waals surface area (Å²) in [7, 11) is 0. The van der Waals surface area contributed by atoms with E-state index in [1.807, 2.05) is 6.07 Å². The second-order valence-corrected chi connectivity index (χ2v) is 5.05. The fourth-order valence-corrected chi connectivity index (χ4v) is 1.92. The number of carbonyl (C=O) groups is 2. The van der Waals surface area contributed by atoms with Crippen LogP contribution in [0, 0.1) is 11.3 Å². The second-order valence-electron chi connectivity index (χ2n) is 4.62. The normalized spacial score (nSPS) is 10.7. The molecule has 0 spiro atoms. The summed E-state index contributed by atoms with van der Waals surface area (Å²) in [5, 5.41) is 12.3. The molecule has 0 heterocycles. The molecule has 0 aliphatic heterocycles. The van der Waals surface area contributed by atoms with E-state index in [0.29, 0.717) is 21.8 Å². The molecule has 0 fully saturated rings. The molecule has 0 saturated heterocycles. The highest BCUT2D eigenvalue weighted by atomic mass is 35.5. The lowest BCUT2D eigenvalue weighted by Crippen LogP contribution is -2.14. The van der Waals surface area contributed by atoms with Crippen LogP contribution in [0.25, 0.3) is 6.08 Å². The first-order valence-corrected chi connectivity index (χ1v) is 6.96. The molecule has 3 N–H and O–H groups in total. The van der Waals surface area contributed by atoms with E-state index in [1.54, 1.807) is 24.3 Å². The van der Waals surface area contributed by atoms with Crippen molar-refractivity contribution in [3.63, 3.8) is 0 Å². The lowest BCUT2D eigenvalue weighted by atomic mass is 10.1. The van der Waals surface area contributed by atoms with E-state index in [4.69, 9.17) is 22.6 Å². The van der Waals surface area contributed by atoms with Crippen LogP contribution in [0.3, 0.4) is 0 Å². The highest BCUT2D eigenvalue weighted by Crippen LogP contribution is 2.14. The monoisotopic (exact) mass is 325 g/mol. The van der Waals surface area contributed by atoms with Crippen molar-refractivity contribution in [2.45, 2.75) is 0 Å². The van der Waals surface area contributed by atoms with Gasteiger partial charge in [0.15, 0.2) is 0 Å². The smallest absolute Gasteiger partial charge is 0.266 e. The Morgan fingerprint density at radius 1 is 1.09 bits per heavy atom. The third kappa shape index (κ3) is 4.43. The number of hydrogen-bond acceptors (Lipinski definition) is 3. The number of primary amides is 1. The predicted molar refractivity (Wildman–Crippen MR) is 88.6 cm³/mol. The van der Waals surface area contributed by atoms with Gasteiger partial charge in [-0.15, -0.1) is 0 Å². The van der Waals surface area contributed by atoms with Crippen molar-refractivity contribution in [2.75, 3.05) is 5.32 Å². The average Bonchev–Trinajstić information content (AvgIpc) is 2.54. The van der Waals surface area contributed by atoms with Crippen molar-refractivity contribution in [1.82, 2.24) is 0 Å². The number of nitrogens with one attached hydrogen (secondary N) is 1. The number of halogens is 1. The third-order valence-corrected chi connectivity index (χ3v) is 3.23. The standard InChI is InChI=1S/C17H12ClN3O2/c18-14-5-1-11(2-6-14)9-13(10-19)17(23)21-15-7-3-12(4-8-15)16(20)22/h1-9H,(H2,20,22)(H,21,23). The molecule has 5 nitrogen and oxygen atoms in total. The molecular weight excluding hydrogens is 314 g/mol. The molecule has 0 aromatic heterocycles. The summed E-state index contributed by atoms with van der Waals surface area (Å²) in [4.78, 5) is 23.1. The highest BCUT2D eigenvalue weighted by Gasteiger charge is 2.10. The quantitative estimate of drug-likeness (QED) is 0.668. The van der Waals surface area contributed by atoms with Crippen LogP contribution in [0.4, 0.5) is 5.69 Å². The van der Waals surface area contributed by atoms with Crippen LogP contribution in [-0.2, 0) is 4.79 Å². The molecule has 0 unspecified atom stereocenters. The Bertz CT molecular complexity index is 803. The van der Waals surface area contributed by atoms with Crippen molar-refractivity contribution in [2.24, 2.45) is 5.73 Å². The van der Waals surface area contributed by atoms with Gasteiger partial charge in [0.2, 0.25) is 5.91 Å². The van der Waals surface area contributed by atoms with E-state index in [9.17, 15) is 9.59 Å². The summed E-state index contributed by atoms with van der Waals surface area (Å²) in [5.41, 5.74) is 6.57. The zero-order valence-electron chi connectivity index (χ0n) is 11.9. The molecule has 2 rings (SSSR count). The van der Waals surface area contributed by atoms with Gasteiger partial charge in [-0.05, 0) is 48.0 Å². The van der Waals surface area contributed by atoms with Crippen LogP contribution >= 0.6 is 11.6 Å². The SMILES string of the molecule is N#CC(=Cc1ccc(Cl)cc1)C(=O)Nc1ccc(C(N)=O)cc1. The van der Waals surface area contributed by atoms with Crippen molar-refractivity contribution >= 4 is 35.2 Å². The summed E-state index contributed by atoms with van der Waals surface area (Å²) < 4.78 is 0. The summed E-state index contributed by atoms with van der Waals surface area (Å²) >= 11 is 5.79. The van der Waals surface area contributed by atoms with Gasteiger partial charge in [0, 0.05) is 16.3 Å². The first-order chi connectivity index (χ1) is 11.0. The number of nitriles is 1. The minimum absolute atomic E-state index is 0.0497. The number of hydrogen-bond donors (Lipinski definition) is 2. The fourth-order valence-electron chi connectivity index (χ4n) is 1.79. The van der Waals surface area contributed by atoms with Crippen LogP contribution in [-0.4, -0.2) is 11.8 Å². The molecule has 2 aromatic rings. The van der Waals surface area contributed by atoms with E-state index in [-0.39, 0.29) is 5.57 Å². The van der Waals surface area contributed by atoms with Crippen LogP contribution < -0.4 is 11.1 Å². The zero-order chi connectivity index (χ0) is 16.8. The summed E-state index contributed by atoms with van der Waals surface area (Å²) in [6.45, 7) is 0. The van der Waals surface area contributed by atoms with Gasteiger partial charge in [-0.3, -0.25) is 9.59 Å². The number of nitrogens with two attached hydrogens (primary N) is 1. The minimum atomic E-state index is -0.553. The van der Waals surface area contributed by atoms with Gasteiger partial charge in [0.1, 0.15) is 11.6 Å². The summed E-state index contributed by atoms with van der Waals surface area (Å²) in [5.74, 6) is -1.10. The van der Waals surface area contributed by atoms with Crippen molar-refractivity contribution in [1.29, 1.82) is 5.26 Å². The largest absolute Gasteiger partial charge is 0.366 e. The predicted octanol–water partition coefficient (Wildman–Crippen LogP) is 2.98. The second kappa shape index (κ2) is 7.25. The zero-order valence-corrected chi connectivity index (χ0v) is 12.7. The topological polar surface area (TPSA) is 96.0 Å². The molecule has 0 atom stereocenters. The van der Waals surface area contributed by atoms with Crippen molar-refractivity contribution in [3.8, 4) is 6.07 Å². The Balaban J connectivity index is 2.15. The average molecular weight is 326 g/mol. The molecule has 6 heteroatoms. The van der Waals surface area contributed by atoms with Gasteiger partial charge in [0.25, 0.3) is 5.91 Å². The number of nitrogens with zero attached hydrogens (tertiary/aromatic N) is 1. The number of carbonyl (C=O) groups excluding carboxylic acids is 2. The first-order valence-electron chi connectivity index (χ1n) is 6.58. The van der Waals surface area contributed by atoms with Crippen molar-refractivity contribution < 1.29 is 9.59 Å². The van der Waals surface area contributed by atoms with Crippen LogP contribution in [0.1, 0.15) is 15.9 Å². The number of rotatable bonds is 4. The van der Waals surface area contributed by atoms with Gasteiger partial charge < -0.3 is 11.1 Å². The first kappa shape index (κ1) is 16.3. The number of anilines is 1. The molecule has 0 bridgehead atoms. The van der Waals surface area contributed by atoms with Crippen LogP contribution in [0.15, 0.2) is 54.1 Å². The lowest BCUT2D eigenvalue weighted by molar-refractivity contribution is -0.112. The van der Waals surface area contributed by atoms with E-state index in [2.05, 4.69) is 5.32 Å². The van der Waals surface area contributed by atoms with Crippen LogP contribution in [0.5, 0.6) is 0 Å². The molecular formula is C17H12ClN3O2. The maximum absolute atomic E-state index is 12.1. The van der Waals surface area contributed by atoms with E-state index in [1.165, 1.54) is 30.3 Å². The molecule has 2 aromatic carbocycles. The van der Waals surface area contributed by atoms with E-state index >= 15 is 0 Å². The highest BCUT2D eigenvalue weighted by molar-refractivity contribution is 6.30.